The van der Waals surface area contributed by atoms with Gasteiger partial charge in [0.05, 0.1) is 24.3 Å². The molecule has 1 amide bonds. The molecule has 0 aliphatic carbocycles. The van der Waals surface area contributed by atoms with Crippen LogP contribution in [0.2, 0.25) is 0 Å². The molecule has 2 aromatic carbocycles. The molecule has 0 saturated carbocycles. The lowest BCUT2D eigenvalue weighted by molar-refractivity contribution is -0.137. The fraction of sp³-hybridized carbons (Fsp3) is 0.333. The highest BCUT2D eigenvalue weighted by molar-refractivity contribution is 5.81. The average molecular weight is 354 g/mol. The van der Waals surface area contributed by atoms with E-state index in [1.807, 2.05) is 32.9 Å². The van der Waals surface area contributed by atoms with Gasteiger partial charge in [-0.3, -0.25) is 4.79 Å². The highest BCUT2D eigenvalue weighted by Gasteiger charge is 2.24. The number of carbonyl (C=O) groups is 1. The quantitative estimate of drug-likeness (QED) is 0.814. The van der Waals surface area contributed by atoms with E-state index in [2.05, 4.69) is 11.4 Å². The number of nitrogens with zero attached hydrogens (tertiary/aromatic N) is 1. The minimum atomic E-state index is -0.610. The van der Waals surface area contributed by atoms with Gasteiger partial charge < -0.3 is 10.1 Å². The molecule has 0 spiro atoms. The first-order chi connectivity index (χ1) is 12.4. The Morgan fingerprint density at radius 3 is 2.27 bits per heavy atom. The van der Waals surface area contributed by atoms with Crippen LogP contribution in [0.4, 0.5) is 4.39 Å². The molecule has 5 heteroatoms. The highest BCUT2D eigenvalue weighted by atomic mass is 19.1. The first-order valence-electron chi connectivity index (χ1n) is 8.57. The van der Waals surface area contributed by atoms with Crippen molar-refractivity contribution in [1.29, 1.82) is 5.26 Å². The van der Waals surface area contributed by atoms with Gasteiger partial charge >= 0.3 is 0 Å². The van der Waals surface area contributed by atoms with Crippen molar-refractivity contribution >= 4 is 5.91 Å². The van der Waals surface area contributed by atoms with Gasteiger partial charge in [0, 0.05) is 0 Å². The molecule has 1 unspecified atom stereocenters. The van der Waals surface area contributed by atoms with Crippen molar-refractivity contribution < 1.29 is 13.9 Å². The van der Waals surface area contributed by atoms with Crippen LogP contribution in [0.5, 0.6) is 0 Å². The average Bonchev–Trinajstić information content (AvgIpc) is 2.63. The maximum Gasteiger partial charge on any atom is 0.249 e. The molecule has 136 valence electrons. The van der Waals surface area contributed by atoms with E-state index in [1.165, 1.54) is 12.1 Å². The summed E-state index contributed by atoms with van der Waals surface area (Å²) in [4.78, 5) is 12.6. The van der Waals surface area contributed by atoms with Gasteiger partial charge in [0.15, 0.2) is 0 Å². The van der Waals surface area contributed by atoms with E-state index >= 15 is 0 Å². The number of rotatable bonds is 7. The second kappa shape index (κ2) is 9.12. The third-order valence-corrected chi connectivity index (χ3v) is 4.11. The van der Waals surface area contributed by atoms with Crippen LogP contribution in [0, 0.1) is 23.1 Å². The summed E-state index contributed by atoms with van der Waals surface area (Å²) in [7, 11) is 0. The number of halogens is 1. The first-order valence-corrected chi connectivity index (χ1v) is 8.57. The number of ether oxygens (including phenoxy) is 1. The van der Waals surface area contributed by atoms with Crippen LogP contribution in [0.15, 0.2) is 48.5 Å². The van der Waals surface area contributed by atoms with Gasteiger partial charge in [-0.05, 0) is 48.2 Å². The lowest BCUT2D eigenvalue weighted by atomic mass is 10.0. The first kappa shape index (κ1) is 19.6. The van der Waals surface area contributed by atoms with Crippen LogP contribution in [0.1, 0.15) is 43.5 Å². The zero-order valence-electron chi connectivity index (χ0n) is 15.2. The Kier molecular flexibility index (Phi) is 6.88. The third kappa shape index (κ3) is 5.40. The summed E-state index contributed by atoms with van der Waals surface area (Å²) >= 11 is 0. The number of amides is 1. The predicted molar refractivity (Wildman–Crippen MR) is 97.5 cm³/mol. The van der Waals surface area contributed by atoms with Gasteiger partial charge in [-0.2, -0.15) is 5.26 Å². The highest BCUT2D eigenvalue weighted by Crippen LogP contribution is 2.16. The standard InChI is InChI=1S/C21H23FN2O2/c1-14(2)20(26-13-17-6-10-19(22)11-7-17)21(25)24-15(3)18-8-4-16(12-23)5-9-18/h4-11,14-15,20H,13H2,1-3H3,(H,24,25)/t15-,20?/m0/s1. The van der Waals surface area contributed by atoms with E-state index < -0.39 is 6.10 Å². The molecule has 4 nitrogen and oxygen atoms in total. The Labute approximate surface area is 153 Å². The zero-order valence-corrected chi connectivity index (χ0v) is 15.2. The van der Waals surface area contributed by atoms with Crippen molar-refractivity contribution in [2.75, 3.05) is 0 Å². The minimum absolute atomic E-state index is 0.0105. The molecule has 0 aliphatic heterocycles. The van der Waals surface area contributed by atoms with Crippen molar-refractivity contribution in [2.45, 2.75) is 39.5 Å². The van der Waals surface area contributed by atoms with E-state index in [4.69, 9.17) is 10.00 Å². The lowest BCUT2D eigenvalue weighted by Crippen LogP contribution is -2.40. The number of hydrogen-bond donors (Lipinski definition) is 1. The molecular weight excluding hydrogens is 331 g/mol. The summed E-state index contributed by atoms with van der Waals surface area (Å²) in [5, 5.41) is 11.8. The molecule has 2 rings (SSSR count). The minimum Gasteiger partial charge on any atom is -0.363 e. The summed E-state index contributed by atoms with van der Waals surface area (Å²) in [6, 6.07) is 15.0. The SMILES string of the molecule is CC(C)C(OCc1ccc(F)cc1)C(=O)N[C@@H](C)c1ccc(C#N)cc1. The fourth-order valence-electron chi connectivity index (χ4n) is 2.56. The summed E-state index contributed by atoms with van der Waals surface area (Å²) < 4.78 is 18.8. The largest absolute Gasteiger partial charge is 0.363 e. The van der Waals surface area contributed by atoms with E-state index in [-0.39, 0.29) is 30.3 Å². The normalized spacial score (nSPS) is 13.1. The number of nitrogens with one attached hydrogen (secondary N) is 1. The molecule has 0 saturated heterocycles. The van der Waals surface area contributed by atoms with Gasteiger partial charge in [0.25, 0.3) is 0 Å². The Bertz CT molecular complexity index is 764. The zero-order chi connectivity index (χ0) is 19.1. The van der Waals surface area contributed by atoms with Crippen LogP contribution in [0.25, 0.3) is 0 Å². The topological polar surface area (TPSA) is 62.1 Å². The van der Waals surface area contributed by atoms with Gasteiger partial charge in [0.2, 0.25) is 5.91 Å². The molecule has 0 aromatic heterocycles. The van der Waals surface area contributed by atoms with Crippen LogP contribution in [0.3, 0.4) is 0 Å². The van der Waals surface area contributed by atoms with Gasteiger partial charge in [-0.15, -0.1) is 0 Å². The lowest BCUT2D eigenvalue weighted by Gasteiger charge is -2.23. The molecule has 0 radical (unpaired) electrons. The Hall–Kier alpha value is -2.71. The molecule has 1 N–H and O–H groups in total. The molecule has 2 atom stereocenters. The van der Waals surface area contributed by atoms with Gasteiger partial charge in [0.1, 0.15) is 11.9 Å². The third-order valence-electron chi connectivity index (χ3n) is 4.11. The fourth-order valence-corrected chi connectivity index (χ4v) is 2.56. The monoisotopic (exact) mass is 354 g/mol. The van der Waals surface area contributed by atoms with Crippen molar-refractivity contribution in [3.05, 3.63) is 71.0 Å². The summed E-state index contributed by atoms with van der Waals surface area (Å²) in [6.07, 6.45) is -0.610. The van der Waals surface area contributed by atoms with Crippen LogP contribution < -0.4 is 5.32 Å². The Balaban J connectivity index is 1.98. The summed E-state index contributed by atoms with van der Waals surface area (Å²) in [5.74, 6) is -0.509. The molecule has 0 aliphatic rings. The molecule has 0 heterocycles. The molecular formula is C21H23FN2O2. The van der Waals surface area contributed by atoms with Crippen LogP contribution in [-0.4, -0.2) is 12.0 Å². The van der Waals surface area contributed by atoms with Crippen LogP contribution >= 0.6 is 0 Å². The molecule has 26 heavy (non-hydrogen) atoms. The van der Waals surface area contributed by atoms with Crippen molar-refractivity contribution in [2.24, 2.45) is 5.92 Å². The molecule has 0 bridgehead atoms. The van der Waals surface area contributed by atoms with Crippen LogP contribution in [-0.2, 0) is 16.1 Å². The second-order valence-corrected chi connectivity index (χ2v) is 6.57. The van der Waals surface area contributed by atoms with Crippen molar-refractivity contribution in [1.82, 2.24) is 5.32 Å². The van der Waals surface area contributed by atoms with E-state index in [9.17, 15) is 9.18 Å². The van der Waals surface area contributed by atoms with E-state index in [0.717, 1.165) is 11.1 Å². The molecule has 0 fully saturated rings. The number of benzene rings is 2. The van der Waals surface area contributed by atoms with E-state index in [1.54, 1.807) is 24.3 Å². The maximum absolute atomic E-state index is 13.0. The van der Waals surface area contributed by atoms with E-state index in [0.29, 0.717) is 5.56 Å². The van der Waals surface area contributed by atoms with Crippen molar-refractivity contribution in [3.63, 3.8) is 0 Å². The number of nitriles is 1. The maximum atomic E-state index is 13.0. The summed E-state index contributed by atoms with van der Waals surface area (Å²) in [5.41, 5.74) is 2.30. The predicted octanol–water partition coefficient (Wildman–Crippen LogP) is 4.12. The second-order valence-electron chi connectivity index (χ2n) is 6.57. The summed E-state index contributed by atoms with van der Waals surface area (Å²) in [6.45, 7) is 5.96. The van der Waals surface area contributed by atoms with Crippen molar-refractivity contribution in [3.8, 4) is 6.07 Å². The van der Waals surface area contributed by atoms with Gasteiger partial charge in [-0.1, -0.05) is 38.1 Å². The Morgan fingerprint density at radius 2 is 1.73 bits per heavy atom. The molecule has 2 aromatic rings. The number of hydrogen-bond acceptors (Lipinski definition) is 3. The smallest absolute Gasteiger partial charge is 0.249 e. The van der Waals surface area contributed by atoms with Gasteiger partial charge in [-0.25, -0.2) is 4.39 Å². The Morgan fingerprint density at radius 1 is 1.12 bits per heavy atom. The number of carbonyl (C=O) groups excluding carboxylic acids is 1.